The number of epoxide rings is 1. The molecule has 232 valence electrons. The highest BCUT2D eigenvalue weighted by atomic mass is 28.4. The lowest BCUT2D eigenvalue weighted by atomic mass is 10.0. The van der Waals surface area contributed by atoms with E-state index in [9.17, 15) is 5.11 Å². The van der Waals surface area contributed by atoms with Gasteiger partial charge in [0.1, 0.15) is 6.10 Å². The molecule has 6 atom stereocenters. The fourth-order valence-corrected chi connectivity index (χ4v) is 8.43. The molecule has 1 fully saturated rings. The smallest absolute Gasteiger partial charge is 0.192 e. The summed E-state index contributed by atoms with van der Waals surface area (Å²) in [5.41, 5.74) is 0. The van der Waals surface area contributed by atoms with Crippen molar-refractivity contribution in [2.24, 2.45) is 0 Å². The Morgan fingerprint density at radius 3 is 1.56 bits per heavy atom. The second-order valence-electron chi connectivity index (χ2n) is 16.6. The monoisotopic (exact) mass is 602 g/mol. The molecule has 5 nitrogen and oxygen atoms in total. The van der Waals surface area contributed by atoms with Crippen LogP contribution in [0.1, 0.15) is 94.9 Å². The van der Waals surface area contributed by atoms with E-state index in [1.165, 1.54) is 0 Å². The van der Waals surface area contributed by atoms with E-state index in [0.717, 1.165) is 19.3 Å². The van der Waals surface area contributed by atoms with Crippen LogP contribution >= 0.6 is 0 Å². The molecule has 0 saturated carbocycles. The summed E-state index contributed by atoms with van der Waals surface area (Å²) in [6, 6.07) is 0. The van der Waals surface area contributed by atoms with Crippen LogP contribution in [0.15, 0.2) is 12.7 Å². The number of aliphatic hydroxyl groups is 1. The predicted octanol–water partition coefficient (Wildman–Crippen LogP) is 9.05. The van der Waals surface area contributed by atoms with Crippen molar-refractivity contribution in [3.05, 3.63) is 12.7 Å². The normalized spacial score (nSPS) is 22.8. The summed E-state index contributed by atoms with van der Waals surface area (Å²) in [4.78, 5) is 0. The molecule has 1 unspecified atom stereocenters. The molecule has 1 heterocycles. The lowest BCUT2D eigenvalue weighted by Crippen LogP contribution is -2.49. The summed E-state index contributed by atoms with van der Waals surface area (Å²) >= 11 is 0. The largest absolute Gasteiger partial charge is 0.414 e. The molecule has 0 aromatic carbocycles. The summed E-state index contributed by atoms with van der Waals surface area (Å²) in [5, 5.41) is 10.9. The molecule has 1 saturated heterocycles. The molecule has 0 aliphatic carbocycles. The summed E-state index contributed by atoms with van der Waals surface area (Å²) in [6.07, 6.45) is 4.29. The Morgan fingerprint density at radius 1 is 0.744 bits per heavy atom. The molecular weight excluding hydrogens is 537 g/mol. The highest BCUT2D eigenvalue weighted by Gasteiger charge is 2.48. The highest BCUT2D eigenvalue weighted by Crippen LogP contribution is 2.43. The number of ether oxygens (including phenoxy) is 1. The maximum absolute atomic E-state index is 10.5. The first kappa shape index (κ1) is 37.2. The van der Waals surface area contributed by atoms with E-state index in [0.29, 0.717) is 6.42 Å². The summed E-state index contributed by atoms with van der Waals surface area (Å²) in [7, 11) is -5.97. The number of aliphatic hydroxyl groups excluding tert-OH is 1. The Kier molecular flexibility index (Phi) is 12.6. The lowest BCUT2D eigenvalue weighted by molar-refractivity contribution is 0.0522. The van der Waals surface area contributed by atoms with Crippen molar-refractivity contribution in [2.45, 2.75) is 186 Å². The van der Waals surface area contributed by atoms with Gasteiger partial charge in [-0.25, -0.2) is 0 Å². The molecule has 0 aromatic rings. The van der Waals surface area contributed by atoms with Crippen LogP contribution in [0.4, 0.5) is 0 Å². The first-order valence-corrected chi connectivity index (χ1v) is 23.9. The van der Waals surface area contributed by atoms with Gasteiger partial charge >= 0.3 is 0 Å². The molecule has 8 heteroatoms. The summed E-state index contributed by atoms with van der Waals surface area (Å²) < 4.78 is 27.0. The van der Waals surface area contributed by atoms with E-state index in [2.05, 4.69) is 115 Å². The fraction of sp³-hybridized carbons (Fsp3) is 0.935. The van der Waals surface area contributed by atoms with Crippen molar-refractivity contribution in [2.75, 3.05) is 0 Å². The highest BCUT2D eigenvalue weighted by molar-refractivity contribution is 6.75. The van der Waals surface area contributed by atoms with E-state index >= 15 is 0 Å². The van der Waals surface area contributed by atoms with Crippen LogP contribution in [0.5, 0.6) is 0 Å². The van der Waals surface area contributed by atoms with Crippen molar-refractivity contribution in [1.29, 1.82) is 0 Å². The van der Waals surface area contributed by atoms with Crippen LogP contribution in [-0.2, 0) is 18.0 Å². The second kappa shape index (κ2) is 13.2. The van der Waals surface area contributed by atoms with E-state index in [-0.39, 0.29) is 45.6 Å². The van der Waals surface area contributed by atoms with Gasteiger partial charge in [-0.3, -0.25) is 0 Å². The summed E-state index contributed by atoms with van der Waals surface area (Å²) in [5.74, 6) is 0. The Balaban J connectivity index is 3.26. The molecule has 0 bridgehead atoms. The van der Waals surface area contributed by atoms with Gasteiger partial charge in [-0.2, -0.15) is 0 Å². The van der Waals surface area contributed by atoms with E-state index in [4.69, 9.17) is 18.0 Å². The number of hydrogen-bond donors (Lipinski definition) is 1. The maximum Gasteiger partial charge on any atom is 0.192 e. The van der Waals surface area contributed by atoms with Crippen LogP contribution in [-0.4, -0.2) is 66.7 Å². The standard InChI is InChI=1S/C31H66O5Si3/c1-18-19-26(32)28-27(33-28)22-25(36-39(16,17)31(9,10)11)21-24(35-38(14,15)30(6,7)8)20-23(2)34-37(12,13)29(3,4)5/h18,23-28,32H,1,19-22H2,2-17H3/t23-,24-,25-,26?,27-,28-/m0/s1. The van der Waals surface area contributed by atoms with Crippen molar-refractivity contribution in [3.63, 3.8) is 0 Å². The van der Waals surface area contributed by atoms with Crippen LogP contribution in [0, 0.1) is 0 Å². The third-order valence-electron chi connectivity index (χ3n) is 9.86. The molecule has 0 radical (unpaired) electrons. The van der Waals surface area contributed by atoms with Crippen LogP contribution in [0.2, 0.25) is 54.4 Å². The van der Waals surface area contributed by atoms with Gasteiger partial charge < -0.3 is 23.1 Å². The Hall–Kier alpha value is 0.191. The average molecular weight is 603 g/mol. The van der Waals surface area contributed by atoms with E-state index in [1.54, 1.807) is 6.08 Å². The van der Waals surface area contributed by atoms with Crippen LogP contribution < -0.4 is 0 Å². The molecular formula is C31H66O5Si3. The topological polar surface area (TPSA) is 60.5 Å². The Labute approximate surface area is 246 Å². The van der Waals surface area contributed by atoms with Gasteiger partial charge in [0.15, 0.2) is 25.0 Å². The van der Waals surface area contributed by atoms with Crippen molar-refractivity contribution in [1.82, 2.24) is 0 Å². The third-order valence-corrected chi connectivity index (χ3v) is 23.5. The minimum Gasteiger partial charge on any atom is -0.414 e. The van der Waals surface area contributed by atoms with Gasteiger partial charge in [0, 0.05) is 18.6 Å². The Bertz CT molecular complexity index is 777. The quantitative estimate of drug-likeness (QED) is 0.115. The Morgan fingerprint density at radius 2 is 1.15 bits per heavy atom. The molecule has 1 aliphatic rings. The number of rotatable bonds is 15. The van der Waals surface area contributed by atoms with E-state index < -0.39 is 31.1 Å². The minimum absolute atomic E-state index is 0.00617. The minimum atomic E-state index is -2.04. The molecule has 0 amide bonds. The zero-order valence-electron chi connectivity index (χ0n) is 28.7. The molecule has 1 N–H and O–H groups in total. The van der Waals surface area contributed by atoms with Gasteiger partial charge in [0.25, 0.3) is 0 Å². The zero-order chi connectivity index (χ0) is 30.8. The molecule has 1 rings (SSSR count). The SMILES string of the molecule is C=CCC(O)[C@@H]1O[C@H]1C[C@H](C[C@H](C[C@H](C)O[Si](C)(C)C(C)(C)C)O[Si](C)(C)C(C)(C)C)O[Si](C)(C)C(C)(C)C. The van der Waals surface area contributed by atoms with Gasteiger partial charge in [0.2, 0.25) is 0 Å². The second-order valence-corrected chi connectivity index (χ2v) is 30.9. The molecule has 0 aromatic heterocycles. The van der Waals surface area contributed by atoms with Gasteiger partial charge in [-0.1, -0.05) is 68.4 Å². The van der Waals surface area contributed by atoms with Crippen LogP contribution in [0.3, 0.4) is 0 Å². The molecule has 0 spiro atoms. The van der Waals surface area contributed by atoms with Gasteiger partial charge in [0.05, 0.1) is 18.3 Å². The maximum atomic E-state index is 10.5. The lowest BCUT2D eigenvalue weighted by Gasteiger charge is -2.44. The summed E-state index contributed by atoms with van der Waals surface area (Å²) in [6.45, 7) is 40.7. The predicted molar refractivity (Wildman–Crippen MR) is 175 cm³/mol. The number of hydrogen-bond acceptors (Lipinski definition) is 5. The van der Waals surface area contributed by atoms with Crippen LogP contribution in [0.25, 0.3) is 0 Å². The third kappa shape index (κ3) is 11.1. The van der Waals surface area contributed by atoms with Gasteiger partial charge in [-0.05, 0) is 80.6 Å². The molecule has 39 heavy (non-hydrogen) atoms. The first-order chi connectivity index (χ1) is 17.2. The molecule has 1 aliphatic heterocycles. The van der Waals surface area contributed by atoms with Crippen molar-refractivity contribution >= 4 is 25.0 Å². The van der Waals surface area contributed by atoms with E-state index in [1.807, 2.05) is 0 Å². The first-order valence-electron chi connectivity index (χ1n) is 15.2. The zero-order valence-corrected chi connectivity index (χ0v) is 31.7. The van der Waals surface area contributed by atoms with Gasteiger partial charge in [-0.15, -0.1) is 6.58 Å². The average Bonchev–Trinajstić information content (AvgIpc) is 3.43. The fourth-order valence-electron chi connectivity index (χ4n) is 4.21. The van der Waals surface area contributed by atoms with Crippen molar-refractivity contribution in [3.8, 4) is 0 Å². The van der Waals surface area contributed by atoms with Crippen molar-refractivity contribution < 1.29 is 23.1 Å².